The van der Waals surface area contributed by atoms with E-state index in [9.17, 15) is 4.79 Å². The number of ether oxygens (including phenoxy) is 1. The van der Waals surface area contributed by atoms with Crippen LogP contribution in [0.5, 0.6) is 5.75 Å². The Labute approximate surface area is 168 Å². The molecule has 0 aliphatic carbocycles. The highest BCUT2D eigenvalue weighted by atomic mass is 35.5. The zero-order valence-electron chi connectivity index (χ0n) is 16.2. The molecule has 27 heavy (non-hydrogen) atoms. The van der Waals surface area contributed by atoms with E-state index in [1.165, 1.54) is 19.3 Å². The third-order valence-electron chi connectivity index (χ3n) is 5.52. The average molecular weight is 394 g/mol. The van der Waals surface area contributed by atoms with Crippen LogP contribution in [0.2, 0.25) is 5.02 Å². The minimum Gasteiger partial charge on any atom is -0.492 e. The molecule has 2 fully saturated rings. The number of rotatable bonds is 6. The lowest BCUT2D eigenvalue weighted by molar-refractivity contribution is -0.133. The second-order valence-corrected chi connectivity index (χ2v) is 8.01. The Balaban J connectivity index is 1.32. The topological polar surface area (TPSA) is 36.0 Å². The lowest BCUT2D eigenvalue weighted by Crippen LogP contribution is -2.51. The van der Waals surface area contributed by atoms with E-state index >= 15 is 0 Å². The van der Waals surface area contributed by atoms with Gasteiger partial charge >= 0.3 is 0 Å². The van der Waals surface area contributed by atoms with E-state index in [-0.39, 0.29) is 0 Å². The van der Waals surface area contributed by atoms with Gasteiger partial charge in [-0.15, -0.1) is 0 Å². The summed E-state index contributed by atoms with van der Waals surface area (Å²) in [7, 11) is 0. The highest BCUT2D eigenvalue weighted by Crippen LogP contribution is 2.15. The molecule has 0 spiro atoms. The number of halogens is 1. The van der Waals surface area contributed by atoms with Crippen molar-refractivity contribution in [2.24, 2.45) is 0 Å². The number of nitrogens with zero attached hydrogens (tertiary/aromatic N) is 3. The highest BCUT2D eigenvalue weighted by molar-refractivity contribution is 6.30. The Kier molecular flexibility index (Phi) is 8.24. The maximum Gasteiger partial charge on any atom is 0.236 e. The summed E-state index contributed by atoms with van der Waals surface area (Å²) in [5, 5.41) is 0.726. The molecule has 2 heterocycles. The largest absolute Gasteiger partial charge is 0.492 e. The van der Waals surface area contributed by atoms with Gasteiger partial charge in [-0.25, -0.2) is 0 Å². The third-order valence-corrected chi connectivity index (χ3v) is 5.77. The van der Waals surface area contributed by atoms with Crippen LogP contribution in [0.1, 0.15) is 32.1 Å². The fourth-order valence-corrected chi connectivity index (χ4v) is 3.91. The van der Waals surface area contributed by atoms with E-state index in [1.54, 1.807) is 0 Å². The molecule has 1 aromatic rings. The number of hydrogen-bond donors (Lipinski definition) is 0. The quantitative estimate of drug-likeness (QED) is 0.744. The van der Waals surface area contributed by atoms with Crippen LogP contribution in [-0.2, 0) is 4.79 Å². The SMILES string of the molecule is O=C(CN1CCN(CCOc2ccc(Cl)cc2)CC1)N1CCCCCCC1. The summed E-state index contributed by atoms with van der Waals surface area (Å²) in [6.07, 6.45) is 6.17. The fraction of sp³-hybridized carbons (Fsp3) is 0.667. The van der Waals surface area contributed by atoms with Crippen LogP contribution in [0.15, 0.2) is 24.3 Å². The van der Waals surface area contributed by atoms with E-state index in [4.69, 9.17) is 16.3 Å². The van der Waals surface area contributed by atoms with E-state index in [0.717, 1.165) is 69.4 Å². The number of carbonyl (C=O) groups is 1. The van der Waals surface area contributed by atoms with Gasteiger partial charge < -0.3 is 9.64 Å². The van der Waals surface area contributed by atoms with Gasteiger partial charge in [0.15, 0.2) is 0 Å². The van der Waals surface area contributed by atoms with Crippen molar-refractivity contribution in [1.82, 2.24) is 14.7 Å². The van der Waals surface area contributed by atoms with Crippen LogP contribution < -0.4 is 4.74 Å². The maximum absolute atomic E-state index is 12.6. The highest BCUT2D eigenvalue weighted by Gasteiger charge is 2.22. The van der Waals surface area contributed by atoms with Gasteiger partial charge in [0.1, 0.15) is 12.4 Å². The summed E-state index contributed by atoms with van der Waals surface area (Å²) in [6.45, 7) is 7.97. The summed E-state index contributed by atoms with van der Waals surface area (Å²) in [4.78, 5) is 19.4. The number of benzene rings is 1. The Morgan fingerprint density at radius 1 is 0.852 bits per heavy atom. The second kappa shape index (κ2) is 10.9. The van der Waals surface area contributed by atoms with Gasteiger partial charge in [0.2, 0.25) is 5.91 Å². The lowest BCUT2D eigenvalue weighted by Gasteiger charge is -2.35. The van der Waals surface area contributed by atoms with Gasteiger partial charge in [-0.1, -0.05) is 30.9 Å². The average Bonchev–Trinajstić information content (AvgIpc) is 2.64. The number of amides is 1. The van der Waals surface area contributed by atoms with Crippen molar-refractivity contribution in [2.75, 3.05) is 59.0 Å². The molecule has 6 heteroatoms. The zero-order chi connectivity index (χ0) is 18.9. The fourth-order valence-electron chi connectivity index (χ4n) is 3.78. The smallest absolute Gasteiger partial charge is 0.236 e. The molecule has 0 aromatic heterocycles. The van der Waals surface area contributed by atoms with Crippen LogP contribution in [-0.4, -0.2) is 79.6 Å². The minimum absolute atomic E-state index is 0.316. The molecular formula is C21H32ClN3O2. The van der Waals surface area contributed by atoms with Crippen LogP contribution >= 0.6 is 11.6 Å². The molecule has 0 radical (unpaired) electrons. The van der Waals surface area contributed by atoms with Crippen LogP contribution in [0, 0.1) is 0 Å². The van der Waals surface area contributed by atoms with E-state index in [0.29, 0.717) is 19.1 Å². The minimum atomic E-state index is 0.316. The summed E-state index contributed by atoms with van der Waals surface area (Å²) in [5.41, 5.74) is 0. The third kappa shape index (κ3) is 6.98. The predicted molar refractivity (Wildman–Crippen MR) is 109 cm³/mol. The summed E-state index contributed by atoms with van der Waals surface area (Å²) in [5.74, 6) is 1.17. The first-order valence-electron chi connectivity index (χ1n) is 10.3. The van der Waals surface area contributed by atoms with Gasteiger partial charge in [0, 0.05) is 50.8 Å². The molecule has 2 saturated heterocycles. The molecule has 0 atom stereocenters. The molecule has 1 amide bonds. The van der Waals surface area contributed by atoms with E-state index < -0.39 is 0 Å². The van der Waals surface area contributed by atoms with Crippen molar-refractivity contribution in [2.45, 2.75) is 32.1 Å². The van der Waals surface area contributed by atoms with Gasteiger partial charge in [0.25, 0.3) is 0 Å². The maximum atomic E-state index is 12.6. The first-order valence-corrected chi connectivity index (χ1v) is 10.7. The Bertz CT molecular complexity index is 565. The van der Waals surface area contributed by atoms with Crippen molar-refractivity contribution in [3.05, 3.63) is 29.3 Å². The van der Waals surface area contributed by atoms with Gasteiger partial charge in [-0.3, -0.25) is 14.6 Å². The van der Waals surface area contributed by atoms with Crippen LogP contribution in [0.4, 0.5) is 0 Å². The summed E-state index contributed by atoms with van der Waals surface area (Å²) in [6, 6.07) is 7.49. The van der Waals surface area contributed by atoms with Gasteiger partial charge in [0.05, 0.1) is 6.54 Å². The van der Waals surface area contributed by atoms with Crippen molar-refractivity contribution in [3.63, 3.8) is 0 Å². The van der Waals surface area contributed by atoms with Crippen molar-refractivity contribution in [1.29, 1.82) is 0 Å². The molecular weight excluding hydrogens is 362 g/mol. The molecule has 2 aliphatic rings. The van der Waals surface area contributed by atoms with E-state index in [2.05, 4.69) is 14.7 Å². The normalized spacial score (nSPS) is 20.1. The van der Waals surface area contributed by atoms with Crippen molar-refractivity contribution >= 4 is 17.5 Å². The molecule has 0 bridgehead atoms. The predicted octanol–water partition coefficient (Wildman–Crippen LogP) is 3.13. The molecule has 0 unspecified atom stereocenters. The van der Waals surface area contributed by atoms with Crippen LogP contribution in [0.25, 0.3) is 0 Å². The lowest BCUT2D eigenvalue weighted by atomic mass is 10.1. The van der Waals surface area contributed by atoms with E-state index in [1.807, 2.05) is 24.3 Å². The molecule has 3 rings (SSSR count). The molecule has 0 saturated carbocycles. The summed E-state index contributed by atoms with van der Waals surface area (Å²) >= 11 is 5.89. The van der Waals surface area contributed by atoms with Gasteiger partial charge in [-0.2, -0.15) is 0 Å². The Morgan fingerprint density at radius 2 is 1.44 bits per heavy atom. The zero-order valence-corrected chi connectivity index (χ0v) is 17.0. The monoisotopic (exact) mass is 393 g/mol. The van der Waals surface area contributed by atoms with Crippen molar-refractivity contribution in [3.8, 4) is 5.75 Å². The molecule has 2 aliphatic heterocycles. The number of carbonyl (C=O) groups excluding carboxylic acids is 1. The summed E-state index contributed by atoms with van der Waals surface area (Å²) < 4.78 is 5.78. The van der Waals surface area contributed by atoms with Crippen LogP contribution in [0.3, 0.4) is 0 Å². The molecule has 0 N–H and O–H groups in total. The first kappa shape index (κ1) is 20.4. The number of hydrogen-bond acceptors (Lipinski definition) is 4. The first-order chi connectivity index (χ1) is 13.2. The molecule has 150 valence electrons. The molecule has 5 nitrogen and oxygen atoms in total. The number of likely N-dealkylation sites (tertiary alicyclic amines) is 1. The Morgan fingerprint density at radius 3 is 2.11 bits per heavy atom. The molecule has 1 aromatic carbocycles. The Hall–Kier alpha value is -1.30. The second-order valence-electron chi connectivity index (χ2n) is 7.57. The van der Waals surface area contributed by atoms with Crippen molar-refractivity contribution < 1.29 is 9.53 Å². The van der Waals surface area contributed by atoms with Gasteiger partial charge in [-0.05, 0) is 37.1 Å². The standard InChI is InChI=1S/C21H32ClN3O2/c22-19-6-8-20(9-7-19)27-17-16-23-12-14-24(15-13-23)18-21(26)25-10-4-2-1-3-5-11-25/h6-9H,1-5,10-18H2. The number of piperazine rings is 1.